The Morgan fingerprint density at radius 2 is 1.91 bits per heavy atom. The Balaban J connectivity index is 0.00000264. The highest BCUT2D eigenvalue weighted by Gasteiger charge is 2.29. The van der Waals surface area contributed by atoms with Crippen molar-refractivity contribution in [1.82, 2.24) is 10.2 Å². The van der Waals surface area contributed by atoms with E-state index in [0.717, 1.165) is 57.3 Å². The monoisotopic (exact) mass is 439 g/mol. The minimum Gasteiger partial charge on any atom is -0.388 e. The lowest BCUT2D eigenvalue weighted by Crippen LogP contribution is -2.48. The van der Waals surface area contributed by atoms with Gasteiger partial charge in [-0.2, -0.15) is 0 Å². The number of aliphatic hydroxyl groups is 1. The van der Waals surface area contributed by atoms with Gasteiger partial charge in [0.2, 0.25) is 0 Å². The van der Waals surface area contributed by atoms with Gasteiger partial charge < -0.3 is 20.1 Å². The van der Waals surface area contributed by atoms with E-state index in [2.05, 4.69) is 22.3 Å². The third kappa shape index (κ3) is 7.13. The molecule has 0 aromatic rings. The van der Waals surface area contributed by atoms with Crippen molar-refractivity contribution < 1.29 is 9.84 Å². The second-order valence-electron chi connectivity index (χ2n) is 6.95. The van der Waals surface area contributed by atoms with Crippen LogP contribution in [0.3, 0.4) is 0 Å². The summed E-state index contributed by atoms with van der Waals surface area (Å²) in [5, 5.41) is 13.9. The van der Waals surface area contributed by atoms with E-state index in [1.807, 2.05) is 7.05 Å². The third-order valence-corrected chi connectivity index (χ3v) is 5.15. The topological polar surface area (TPSA) is 57.1 Å². The van der Waals surface area contributed by atoms with Gasteiger partial charge >= 0.3 is 0 Å². The molecule has 1 saturated carbocycles. The Morgan fingerprint density at radius 3 is 2.52 bits per heavy atom. The van der Waals surface area contributed by atoms with Crippen molar-refractivity contribution in [3.05, 3.63) is 0 Å². The molecule has 0 aromatic carbocycles. The van der Waals surface area contributed by atoms with Gasteiger partial charge in [0.1, 0.15) is 0 Å². The molecule has 6 heteroatoms. The number of rotatable bonds is 5. The first-order valence-corrected chi connectivity index (χ1v) is 8.85. The molecule has 0 aromatic heterocycles. The van der Waals surface area contributed by atoms with Crippen LogP contribution in [0.5, 0.6) is 0 Å². The smallest absolute Gasteiger partial charge is 0.193 e. The molecule has 0 radical (unpaired) electrons. The number of nitrogens with one attached hydrogen (secondary N) is 1. The van der Waals surface area contributed by atoms with Crippen LogP contribution in [-0.2, 0) is 4.74 Å². The fraction of sp³-hybridized carbons (Fsp3) is 0.941. The van der Waals surface area contributed by atoms with Crippen molar-refractivity contribution in [2.75, 3.05) is 40.4 Å². The van der Waals surface area contributed by atoms with E-state index >= 15 is 0 Å². The number of guanidine groups is 1. The Labute approximate surface area is 158 Å². The van der Waals surface area contributed by atoms with E-state index < -0.39 is 5.60 Å². The van der Waals surface area contributed by atoms with Gasteiger partial charge in [0.25, 0.3) is 0 Å². The molecule has 0 bridgehead atoms. The molecule has 2 rings (SSSR count). The van der Waals surface area contributed by atoms with Crippen LogP contribution in [0, 0.1) is 5.92 Å². The van der Waals surface area contributed by atoms with E-state index in [9.17, 15) is 5.11 Å². The quantitative estimate of drug-likeness (QED) is 0.393. The SMILES string of the molecule is CN=C(NCC1(O)CCCCC1)N(C)CCC1CCOCC1.I. The predicted molar refractivity (Wildman–Crippen MR) is 106 cm³/mol. The van der Waals surface area contributed by atoms with Crippen LogP contribution in [0.2, 0.25) is 0 Å². The second kappa shape index (κ2) is 10.7. The molecule has 5 nitrogen and oxygen atoms in total. The molecule has 0 unspecified atom stereocenters. The van der Waals surface area contributed by atoms with Gasteiger partial charge in [0.05, 0.1) is 5.60 Å². The van der Waals surface area contributed by atoms with Gasteiger partial charge in [0, 0.05) is 40.4 Å². The average Bonchev–Trinajstić information content (AvgIpc) is 2.55. The summed E-state index contributed by atoms with van der Waals surface area (Å²) < 4.78 is 5.41. The van der Waals surface area contributed by atoms with Crippen molar-refractivity contribution >= 4 is 29.9 Å². The summed E-state index contributed by atoms with van der Waals surface area (Å²) in [6.45, 7) is 3.44. The first-order valence-electron chi connectivity index (χ1n) is 8.85. The molecule has 1 heterocycles. The maximum atomic E-state index is 10.6. The fourth-order valence-electron chi connectivity index (χ4n) is 3.53. The molecule has 1 saturated heterocycles. The molecule has 2 aliphatic rings. The molecule has 23 heavy (non-hydrogen) atoms. The minimum absolute atomic E-state index is 0. The lowest BCUT2D eigenvalue weighted by atomic mass is 9.85. The molecule has 0 atom stereocenters. The Kier molecular flexibility index (Phi) is 9.77. The number of ether oxygens (including phenoxy) is 1. The molecule has 2 fully saturated rings. The maximum Gasteiger partial charge on any atom is 0.193 e. The zero-order valence-electron chi connectivity index (χ0n) is 14.7. The standard InChI is InChI=1S/C17H33N3O2.HI/c1-18-16(19-14-17(21)9-4-3-5-10-17)20(2)11-6-15-7-12-22-13-8-15;/h15,21H,3-14H2,1-2H3,(H,18,19);1H. The summed E-state index contributed by atoms with van der Waals surface area (Å²) in [5.74, 6) is 1.67. The largest absolute Gasteiger partial charge is 0.388 e. The molecule has 1 aliphatic heterocycles. The van der Waals surface area contributed by atoms with Gasteiger partial charge in [0.15, 0.2) is 5.96 Å². The molecule has 2 N–H and O–H groups in total. The Bertz CT molecular complexity index is 354. The summed E-state index contributed by atoms with van der Waals surface area (Å²) in [4.78, 5) is 6.55. The zero-order valence-corrected chi connectivity index (χ0v) is 17.1. The van der Waals surface area contributed by atoms with Crippen LogP contribution < -0.4 is 5.32 Å². The Morgan fingerprint density at radius 1 is 1.26 bits per heavy atom. The number of halogens is 1. The highest BCUT2D eigenvalue weighted by atomic mass is 127. The summed E-state index contributed by atoms with van der Waals surface area (Å²) in [6, 6.07) is 0. The molecule has 0 spiro atoms. The van der Waals surface area contributed by atoms with Gasteiger partial charge in [-0.3, -0.25) is 4.99 Å². The molecular weight excluding hydrogens is 405 g/mol. The number of hydrogen-bond acceptors (Lipinski definition) is 3. The summed E-state index contributed by atoms with van der Waals surface area (Å²) in [7, 11) is 3.90. The normalized spacial score (nSPS) is 22.3. The highest BCUT2D eigenvalue weighted by molar-refractivity contribution is 14.0. The average molecular weight is 439 g/mol. The second-order valence-corrected chi connectivity index (χ2v) is 6.95. The van der Waals surface area contributed by atoms with Gasteiger partial charge in [-0.25, -0.2) is 0 Å². The third-order valence-electron chi connectivity index (χ3n) is 5.15. The molecular formula is C17H34IN3O2. The van der Waals surface area contributed by atoms with Gasteiger partial charge in [-0.05, 0) is 38.0 Å². The van der Waals surface area contributed by atoms with Crippen molar-refractivity contribution in [2.24, 2.45) is 10.9 Å². The van der Waals surface area contributed by atoms with Crippen LogP contribution in [0.15, 0.2) is 4.99 Å². The lowest BCUT2D eigenvalue weighted by molar-refractivity contribution is 0.00815. The fourth-order valence-corrected chi connectivity index (χ4v) is 3.53. The Hall–Kier alpha value is -0.0800. The van der Waals surface area contributed by atoms with E-state index in [-0.39, 0.29) is 24.0 Å². The van der Waals surface area contributed by atoms with Gasteiger partial charge in [-0.15, -0.1) is 24.0 Å². The highest BCUT2D eigenvalue weighted by Crippen LogP contribution is 2.27. The van der Waals surface area contributed by atoms with Crippen molar-refractivity contribution in [1.29, 1.82) is 0 Å². The summed E-state index contributed by atoms with van der Waals surface area (Å²) in [6.07, 6.45) is 8.88. The van der Waals surface area contributed by atoms with E-state index in [1.54, 1.807) is 0 Å². The van der Waals surface area contributed by atoms with Crippen LogP contribution in [0.1, 0.15) is 51.4 Å². The summed E-state index contributed by atoms with van der Waals surface area (Å²) in [5.41, 5.74) is -0.546. The van der Waals surface area contributed by atoms with Gasteiger partial charge in [-0.1, -0.05) is 19.3 Å². The number of hydrogen-bond donors (Lipinski definition) is 2. The first-order chi connectivity index (χ1) is 10.6. The van der Waals surface area contributed by atoms with Crippen LogP contribution >= 0.6 is 24.0 Å². The predicted octanol–water partition coefficient (Wildman–Crippen LogP) is 2.62. The number of nitrogens with zero attached hydrogens (tertiary/aromatic N) is 2. The van der Waals surface area contributed by atoms with Crippen LogP contribution in [-0.4, -0.2) is 62.0 Å². The lowest BCUT2D eigenvalue weighted by Gasteiger charge is -2.34. The maximum absolute atomic E-state index is 10.6. The van der Waals surface area contributed by atoms with E-state index in [1.165, 1.54) is 25.7 Å². The first kappa shape index (κ1) is 21.0. The van der Waals surface area contributed by atoms with Crippen molar-refractivity contribution in [3.63, 3.8) is 0 Å². The van der Waals surface area contributed by atoms with Crippen LogP contribution in [0.25, 0.3) is 0 Å². The van der Waals surface area contributed by atoms with Crippen molar-refractivity contribution in [2.45, 2.75) is 57.0 Å². The van der Waals surface area contributed by atoms with E-state index in [0.29, 0.717) is 6.54 Å². The number of aliphatic imine (C=N–C) groups is 1. The van der Waals surface area contributed by atoms with Crippen LogP contribution in [0.4, 0.5) is 0 Å². The molecule has 0 amide bonds. The molecule has 1 aliphatic carbocycles. The summed E-state index contributed by atoms with van der Waals surface area (Å²) >= 11 is 0. The zero-order chi connectivity index (χ0) is 15.8. The minimum atomic E-state index is -0.546. The molecule has 136 valence electrons. The van der Waals surface area contributed by atoms with Crippen molar-refractivity contribution in [3.8, 4) is 0 Å². The van der Waals surface area contributed by atoms with E-state index in [4.69, 9.17) is 4.74 Å².